The second-order valence-corrected chi connectivity index (χ2v) is 3.79. The molecule has 0 aliphatic carbocycles. The highest BCUT2D eigenvalue weighted by Gasteiger charge is 2.44. The van der Waals surface area contributed by atoms with E-state index in [9.17, 15) is 20.1 Å². The van der Waals surface area contributed by atoms with Crippen LogP contribution in [0.3, 0.4) is 0 Å². The van der Waals surface area contributed by atoms with Crippen molar-refractivity contribution in [1.29, 1.82) is 0 Å². The van der Waals surface area contributed by atoms with Crippen LogP contribution in [0.25, 0.3) is 0 Å². The van der Waals surface area contributed by atoms with E-state index in [0.717, 1.165) is 0 Å². The minimum absolute atomic E-state index is 0.0343. The van der Waals surface area contributed by atoms with Gasteiger partial charge in [0.1, 0.15) is 31.0 Å². The highest BCUT2D eigenvalue weighted by atomic mass is 16.6. The molecular weight excluding hydrogens is 246 g/mol. The molecule has 5 atom stereocenters. The predicted molar refractivity (Wildman–Crippen MR) is 58.4 cm³/mol. The van der Waals surface area contributed by atoms with Crippen molar-refractivity contribution >= 4 is 6.09 Å². The third-order valence-electron chi connectivity index (χ3n) is 2.52. The summed E-state index contributed by atoms with van der Waals surface area (Å²) in [5.41, 5.74) is 0. The predicted octanol–water partition coefficient (Wildman–Crippen LogP) is -2.30. The van der Waals surface area contributed by atoms with Gasteiger partial charge in [-0.3, -0.25) is 0 Å². The van der Waals surface area contributed by atoms with Crippen molar-refractivity contribution in [2.45, 2.75) is 30.6 Å². The van der Waals surface area contributed by atoms with E-state index in [1.807, 2.05) is 0 Å². The Kier molecular flexibility index (Phi) is 5.51. The first-order chi connectivity index (χ1) is 8.51. The van der Waals surface area contributed by atoms with Gasteiger partial charge in [-0.25, -0.2) is 4.79 Å². The summed E-state index contributed by atoms with van der Waals surface area (Å²) in [6.45, 7) is 2.75. The summed E-state index contributed by atoms with van der Waals surface area (Å²) in [6, 6.07) is -1.25. The smallest absolute Gasteiger partial charge is 0.407 e. The molecule has 1 saturated heterocycles. The molecule has 0 bridgehead atoms. The lowest BCUT2D eigenvalue weighted by Crippen LogP contribution is -2.64. The number of nitrogens with one attached hydrogen (secondary N) is 1. The third kappa shape index (κ3) is 3.40. The van der Waals surface area contributed by atoms with Crippen LogP contribution in [0.15, 0.2) is 12.7 Å². The highest BCUT2D eigenvalue weighted by molar-refractivity contribution is 5.67. The van der Waals surface area contributed by atoms with Crippen molar-refractivity contribution in [3.63, 3.8) is 0 Å². The van der Waals surface area contributed by atoms with E-state index in [4.69, 9.17) is 9.84 Å². The first-order valence-corrected chi connectivity index (χ1v) is 5.36. The number of carbonyl (C=O) groups is 1. The molecule has 104 valence electrons. The fourth-order valence-corrected chi connectivity index (χ4v) is 1.57. The molecule has 18 heavy (non-hydrogen) atoms. The van der Waals surface area contributed by atoms with Crippen LogP contribution in [0, 0.1) is 0 Å². The molecule has 1 rings (SSSR count). The SMILES string of the molecule is C=CCOC(=O)N[C@H]1C(O)O[C@H](CO)[C@@H](O)[C@@H]1O. The van der Waals surface area contributed by atoms with E-state index in [1.54, 1.807) is 0 Å². The Bertz CT molecular complexity index is 298. The zero-order valence-electron chi connectivity index (χ0n) is 9.60. The van der Waals surface area contributed by atoms with Crippen LogP contribution in [0.2, 0.25) is 0 Å². The van der Waals surface area contributed by atoms with Gasteiger partial charge in [-0.2, -0.15) is 0 Å². The normalized spacial score (nSPS) is 35.9. The highest BCUT2D eigenvalue weighted by Crippen LogP contribution is 2.19. The summed E-state index contributed by atoms with van der Waals surface area (Å²) in [4.78, 5) is 11.2. The first kappa shape index (κ1) is 14.9. The molecule has 5 N–H and O–H groups in total. The Hall–Kier alpha value is -1.19. The van der Waals surface area contributed by atoms with E-state index >= 15 is 0 Å². The van der Waals surface area contributed by atoms with Crippen LogP contribution < -0.4 is 5.32 Å². The van der Waals surface area contributed by atoms with Crippen LogP contribution in [-0.2, 0) is 9.47 Å². The molecule has 1 heterocycles. The van der Waals surface area contributed by atoms with Crippen LogP contribution >= 0.6 is 0 Å². The monoisotopic (exact) mass is 263 g/mol. The molecule has 1 unspecified atom stereocenters. The second-order valence-electron chi connectivity index (χ2n) is 3.79. The van der Waals surface area contributed by atoms with Gasteiger partial charge in [-0.05, 0) is 0 Å². The lowest BCUT2D eigenvalue weighted by molar-refractivity contribution is -0.253. The van der Waals surface area contributed by atoms with Crippen molar-refractivity contribution in [1.82, 2.24) is 5.32 Å². The third-order valence-corrected chi connectivity index (χ3v) is 2.52. The summed E-state index contributed by atoms with van der Waals surface area (Å²) >= 11 is 0. The minimum atomic E-state index is -1.56. The van der Waals surface area contributed by atoms with Gasteiger partial charge in [-0.15, -0.1) is 0 Å². The fraction of sp³-hybridized carbons (Fsp3) is 0.700. The van der Waals surface area contributed by atoms with Crippen molar-refractivity contribution in [3.05, 3.63) is 12.7 Å². The van der Waals surface area contributed by atoms with Crippen molar-refractivity contribution in [2.75, 3.05) is 13.2 Å². The molecule has 1 aliphatic rings. The van der Waals surface area contributed by atoms with E-state index in [2.05, 4.69) is 16.6 Å². The van der Waals surface area contributed by atoms with E-state index in [1.165, 1.54) is 6.08 Å². The lowest BCUT2D eigenvalue weighted by atomic mass is 9.97. The number of rotatable bonds is 4. The quantitative estimate of drug-likeness (QED) is 0.361. The molecule has 0 spiro atoms. The number of ether oxygens (including phenoxy) is 2. The van der Waals surface area contributed by atoms with Gasteiger partial charge in [0.15, 0.2) is 6.29 Å². The van der Waals surface area contributed by atoms with Gasteiger partial charge in [0.05, 0.1) is 6.61 Å². The summed E-state index contributed by atoms with van der Waals surface area (Å²) in [5.74, 6) is 0. The van der Waals surface area contributed by atoms with Gasteiger partial charge < -0.3 is 35.2 Å². The number of aliphatic hydroxyl groups is 4. The van der Waals surface area contributed by atoms with E-state index in [0.29, 0.717) is 0 Å². The molecular formula is C10H17NO7. The number of hydrogen-bond donors (Lipinski definition) is 5. The molecule has 0 aromatic rings. The number of alkyl carbamates (subject to hydrolysis) is 1. The standard InChI is InChI=1S/C10H17NO7/c1-2-3-17-10(16)11-6-8(14)7(13)5(4-12)18-9(6)15/h2,5-9,12-15H,1,3-4H2,(H,11,16)/t5-,6-,7-,8-,9?/m1/s1. The largest absolute Gasteiger partial charge is 0.445 e. The Morgan fingerprint density at radius 1 is 1.39 bits per heavy atom. The average molecular weight is 263 g/mol. The van der Waals surface area contributed by atoms with Crippen LogP contribution in [0.4, 0.5) is 4.79 Å². The zero-order valence-corrected chi connectivity index (χ0v) is 9.60. The Balaban J connectivity index is 2.59. The molecule has 1 aliphatic heterocycles. The minimum Gasteiger partial charge on any atom is -0.445 e. The van der Waals surface area contributed by atoms with Crippen molar-refractivity contribution < 1.29 is 34.7 Å². The lowest BCUT2D eigenvalue weighted by Gasteiger charge is -2.39. The Morgan fingerprint density at radius 3 is 2.61 bits per heavy atom. The molecule has 0 aromatic heterocycles. The molecule has 8 nitrogen and oxygen atoms in total. The Morgan fingerprint density at radius 2 is 2.06 bits per heavy atom. The van der Waals surface area contributed by atoms with Crippen molar-refractivity contribution in [2.24, 2.45) is 0 Å². The first-order valence-electron chi connectivity index (χ1n) is 5.36. The summed E-state index contributed by atoms with van der Waals surface area (Å²) in [7, 11) is 0. The topological polar surface area (TPSA) is 128 Å². The van der Waals surface area contributed by atoms with E-state index in [-0.39, 0.29) is 6.61 Å². The van der Waals surface area contributed by atoms with Gasteiger partial charge in [0, 0.05) is 0 Å². The maximum Gasteiger partial charge on any atom is 0.407 e. The number of aliphatic hydroxyl groups excluding tert-OH is 4. The second kappa shape index (κ2) is 6.66. The molecule has 0 saturated carbocycles. The Labute approximate surface area is 103 Å². The van der Waals surface area contributed by atoms with Gasteiger partial charge in [-0.1, -0.05) is 12.7 Å². The fourth-order valence-electron chi connectivity index (χ4n) is 1.57. The van der Waals surface area contributed by atoms with Crippen molar-refractivity contribution in [3.8, 4) is 0 Å². The molecule has 1 fully saturated rings. The molecule has 0 aromatic carbocycles. The molecule has 8 heteroatoms. The maximum atomic E-state index is 11.2. The van der Waals surface area contributed by atoms with Gasteiger partial charge >= 0.3 is 6.09 Å². The number of hydrogen-bond acceptors (Lipinski definition) is 7. The zero-order chi connectivity index (χ0) is 13.7. The number of carbonyl (C=O) groups excluding carboxylic acids is 1. The summed E-state index contributed by atoms with van der Waals surface area (Å²) in [5, 5.41) is 39.8. The maximum absolute atomic E-state index is 11.2. The van der Waals surface area contributed by atoms with Gasteiger partial charge in [0.25, 0.3) is 0 Å². The van der Waals surface area contributed by atoms with Crippen LogP contribution in [0.5, 0.6) is 0 Å². The van der Waals surface area contributed by atoms with Crippen LogP contribution in [-0.4, -0.2) is 70.4 Å². The molecule has 0 radical (unpaired) electrons. The molecule has 1 amide bonds. The average Bonchev–Trinajstić information content (AvgIpc) is 2.36. The van der Waals surface area contributed by atoms with Gasteiger partial charge in [0.2, 0.25) is 0 Å². The summed E-state index contributed by atoms with van der Waals surface area (Å²) in [6.07, 6.45) is -5.13. The summed E-state index contributed by atoms with van der Waals surface area (Å²) < 4.78 is 9.44. The number of amides is 1. The van der Waals surface area contributed by atoms with Crippen LogP contribution in [0.1, 0.15) is 0 Å². The van der Waals surface area contributed by atoms with E-state index < -0.39 is 43.3 Å².